The average Bonchev–Trinajstić information content (AvgIpc) is 2.80. The van der Waals surface area contributed by atoms with Crippen molar-refractivity contribution in [1.82, 2.24) is 15.0 Å². The van der Waals surface area contributed by atoms with Crippen molar-refractivity contribution in [3.63, 3.8) is 0 Å². The summed E-state index contributed by atoms with van der Waals surface area (Å²) in [5.41, 5.74) is 2.67. The first kappa shape index (κ1) is 18.9. The molecule has 7 nitrogen and oxygen atoms in total. The SMILES string of the molecule is COc1ccc(-c2cc(N3CCC(C(=O)Nc4ccncc4)CC3)ncn2)cc1. The second kappa shape index (κ2) is 8.68. The van der Waals surface area contributed by atoms with Gasteiger partial charge >= 0.3 is 0 Å². The minimum Gasteiger partial charge on any atom is -0.497 e. The summed E-state index contributed by atoms with van der Waals surface area (Å²) < 4.78 is 5.21. The van der Waals surface area contributed by atoms with E-state index in [1.165, 1.54) is 0 Å². The molecular weight excluding hydrogens is 366 g/mol. The molecule has 1 N–H and O–H groups in total. The Morgan fingerprint density at radius 1 is 1.07 bits per heavy atom. The highest BCUT2D eigenvalue weighted by atomic mass is 16.5. The number of carbonyl (C=O) groups excluding carboxylic acids is 1. The maximum atomic E-state index is 12.5. The zero-order valence-electron chi connectivity index (χ0n) is 16.3. The number of hydrogen-bond donors (Lipinski definition) is 1. The third kappa shape index (κ3) is 4.51. The number of rotatable bonds is 5. The summed E-state index contributed by atoms with van der Waals surface area (Å²) in [6, 6.07) is 13.4. The fraction of sp³-hybridized carbons (Fsp3) is 0.273. The van der Waals surface area contributed by atoms with Crippen LogP contribution in [0, 0.1) is 5.92 Å². The van der Waals surface area contributed by atoms with E-state index < -0.39 is 0 Å². The van der Waals surface area contributed by atoms with Crippen LogP contribution in [0.5, 0.6) is 5.75 Å². The Kier molecular flexibility index (Phi) is 5.65. The molecule has 3 aromatic rings. The van der Waals surface area contributed by atoms with Crippen LogP contribution in [0.15, 0.2) is 61.2 Å². The van der Waals surface area contributed by atoms with Crippen LogP contribution in [0.4, 0.5) is 11.5 Å². The molecule has 0 saturated carbocycles. The Bertz CT molecular complexity index is 954. The van der Waals surface area contributed by atoms with Crippen molar-refractivity contribution < 1.29 is 9.53 Å². The number of amides is 1. The lowest BCUT2D eigenvalue weighted by atomic mass is 9.95. The van der Waals surface area contributed by atoms with Crippen LogP contribution in [-0.4, -0.2) is 41.1 Å². The van der Waals surface area contributed by atoms with Gasteiger partial charge in [-0.15, -0.1) is 0 Å². The fourth-order valence-electron chi connectivity index (χ4n) is 3.49. The van der Waals surface area contributed by atoms with Crippen molar-refractivity contribution in [2.45, 2.75) is 12.8 Å². The predicted octanol–water partition coefficient (Wildman–Crippen LogP) is 3.40. The van der Waals surface area contributed by atoms with E-state index in [1.54, 1.807) is 38.0 Å². The third-order valence-electron chi connectivity index (χ3n) is 5.18. The van der Waals surface area contributed by atoms with Gasteiger partial charge in [-0.1, -0.05) is 0 Å². The molecule has 0 aliphatic carbocycles. The van der Waals surface area contributed by atoms with Crippen molar-refractivity contribution in [2.75, 3.05) is 30.4 Å². The zero-order valence-corrected chi connectivity index (χ0v) is 16.3. The van der Waals surface area contributed by atoms with Gasteiger partial charge in [0, 0.05) is 48.7 Å². The maximum Gasteiger partial charge on any atom is 0.227 e. The van der Waals surface area contributed by atoms with Gasteiger partial charge in [0.1, 0.15) is 17.9 Å². The number of piperidine rings is 1. The summed E-state index contributed by atoms with van der Waals surface area (Å²) in [5, 5.41) is 2.97. The van der Waals surface area contributed by atoms with E-state index in [9.17, 15) is 4.79 Å². The fourth-order valence-corrected chi connectivity index (χ4v) is 3.49. The lowest BCUT2D eigenvalue weighted by Gasteiger charge is -2.32. The Balaban J connectivity index is 1.39. The van der Waals surface area contributed by atoms with Crippen LogP contribution in [0.25, 0.3) is 11.3 Å². The molecule has 0 unspecified atom stereocenters. The molecular formula is C22H23N5O2. The molecule has 3 heterocycles. The van der Waals surface area contributed by atoms with Crippen molar-refractivity contribution in [3.8, 4) is 17.0 Å². The topological polar surface area (TPSA) is 80.2 Å². The largest absolute Gasteiger partial charge is 0.497 e. The van der Waals surface area contributed by atoms with Crippen LogP contribution < -0.4 is 15.0 Å². The Morgan fingerprint density at radius 3 is 2.48 bits per heavy atom. The summed E-state index contributed by atoms with van der Waals surface area (Å²) in [7, 11) is 1.65. The van der Waals surface area contributed by atoms with Crippen LogP contribution in [0.3, 0.4) is 0 Å². The highest BCUT2D eigenvalue weighted by Crippen LogP contribution is 2.26. The van der Waals surface area contributed by atoms with E-state index in [0.717, 1.165) is 54.4 Å². The number of ether oxygens (including phenoxy) is 1. The van der Waals surface area contributed by atoms with Crippen LogP contribution >= 0.6 is 0 Å². The predicted molar refractivity (Wildman–Crippen MR) is 112 cm³/mol. The monoisotopic (exact) mass is 389 g/mol. The molecule has 1 saturated heterocycles. The summed E-state index contributed by atoms with van der Waals surface area (Å²) in [4.78, 5) is 27.5. The third-order valence-corrected chi connectivity index (χ3v) is 5.18. The first-order valence-corrected chi connectivity index (χ1v) is 9.65. The number of benzene rings is 1. The minimum absolute atomic E-state index is 0.00214. The normalized spacial score (nSPS) is 14.4. The molecule has 2 aromatic heterocycles. The van der Waals surface area contributed by atoms with E-state index in [4.69, 9.17) is 4.74 Å². The smallest absolute Gasteiger partial charge is 0.227 e. The zero-order chi connectivity index (χ0) is 20.1. The molecule has 7 heteroatoms. The van der Waals surface area contributed by atoms with Gasteiger partial charge in [0.25, 0.3) is 0 Å². The second-order valence-electron chi connectivity index (χ2n) is 6.98. The number of aromatic nitrogens is 3. The molecule has 29 heavy (non-hydrogen) atoms. The highest BCUT2D eigenvalue weighted by molar-refractivity contribution is 5.92. The summed E-state index contributed by atoms with van der Waals surface area (Å²) in [5.74, 6) is 1.77. The maximum absolute atomic E-state index is 12.5. The van der Waals surface area contributed by atoms with E-state index in [0.29, 0.717) is 0 Å². The van der Waals surface area contributed by atoms with E-state index in [-0.39, 0.29) is 11.8 Å². The number of hydrogen-bond acceptors (Lipinski definition) is 6. The molecule has 1 fully saturated rings. The lowest BCUT2D eigenvalue weighted by molar-refractivity contribution is -0.120. The van der Waals surface area contributed by atoms with E-state index in [2.05, 4.69) is 25.2 Å². The number of carbonyl (C=O) groups is 1. The van der Waals surface area contributed by atoms with Gasteiger partial charge in [-0.2, -0.15) is 0 Å². The van der Waals surface area contributed by atoms with Gasteiger partial charge in [0.05, 0.1) is 12.8 Å². The first-order valence-electron chi connectivity index (χ1n) is 9.65. The lowest BCUT2D eigenvalue weighted by Crippen LogP contribution is -2.38. The Labute approximate surface area is 169 Å². The molecule has 148 valence electrons. The minimum atomic E-state index is 0.00214. The van der Waals surface area contributed by atoms with Gasteiger partial charge in [0.15, 0.2) is 0 Å². The quantitative estimate of drug-likeness (QED) is 0.720. The standard InChI is InChI=1S/C22H23N5O2/c1-29-19-4-2-16(3-5-19)20-14-21(25-15-24-20)27-12-8-17(9-13-27)22(28)26-18-6-10-23-11-7-18/h2-7,10-11,14-15,17H,8-9,12-13H2,1H3,(H,23,26,28). The molecule has 1 aromatic carbocycles. The molecule has 0 bridgehead atoms. The van der Waals surface area contributed by atoms with Crippen LogP contribution in [0.1, 0.15) is 12.8 Å². The number of pyridine rings is 1. The summed E-state index contributed by atoms with van der Waals surface area (Å²) >= 11 is 0. The van der Waals surface area contributed by atoms with Crippen molar-refractivity contribution >= 4 is 17.4 Å². The molecule has 1 amide bonds. The van der Waals surface area contributed by atoms with Crippen LogP contribution in [0.2, 0.25) is 0 Å². The van der Waals surface area contributed by atoms with E-state index >= 15 is 0 Å². The molecule has 0 spiro atoms. The highest BCUT2D eigenvalue weighted by Gasteiger charge is 2.26. The molecule has 1 aliphatic rings. The van der Waals surface area contributed by atoms with Gasteiger partial charge in [-0.25, -0.2) is 9.97 Å². The number of methoxy groups -OCH3 is 1. The number of nitrogens with one attached hydrogen (secondary N) is 1. The van der Waals surface area contributed by atoms with Crippen LogP contribution in [-0.2, 0) is 4.79 Å². The molecule has 0 atom stereocenters. The van der Waals surface area contributed by atoms with Gasteiger partial charge in [-0.05, 0) is 49.2 Å². The number of anilines is 2. The van der Waals surface area contributed by atoms with Crippen molar-refractivity contribution in [1.29, 1.82) is 0 Å². The summed E-state index contributed by atoms with van der Waals surface area (Å²) in [6.45, 7) is 1.57. The van der Waals surface area contributed by atoms with Gasteiger partial charge < -0.3 is 15.0 Å². The second-order valence-corrected chi connectivity index (χ2v) is 6.98. The van der Waals surface area contributed by atoms with Gasteiger partial charge in [-0.3, -0.25) is 9.78 Å². The number of nitrogens with zero attached hydrogens (tertiary/aromatic N) is 4. The van der Waals surface area contributed by atoms with Gasteiger partial charge in [0.2, 0.25) is 5.91 Å². The van der Waals surface area contributed by atoms with Crippen molar-refractivity contribution in [3.05, 3.63) is 61.2 Å². The Morgan fingerprint density at radius 2 is 1.79 bits per heavy atom. The summed E-state index contributed by atoms with van der Waals surface area (Å²) in [6.07, 6.45) is 6.52. The molecule has 0 radical (unpaired) electrons. The Hall–Kier alpha value is -3.48. The molecule has 4 rings (SSSR count). The molecule has 1 aliphatic heterocycles. The first-order chi connectivity index (χ1) is 14.2. The average molecular weight is 389 g/mol. The van der Waals surface area contributed by atoms with E-state index in [1.807, 2.05) is 30.3 Å². The van der Waals surface area contributed by atoms with Crippen molar-refractivity contribution in [2.24, 2.45) is 5.92 Å².